The molecule has 0 spiro atoms. The van der Waals surface area contributed by atoms with Crippen LogP contribution in [0.5, 0.6) is 0 Å². The average molecular weight is 436 g/mol. The maximum absolute atomic E-state index is 13.4. The maximum Gasteiger partial charge on any atom is 0.267 e. The van der Waals surface area contributed by atoms with Gasteiger partial charge in [0, 0.05) is 24.9 Å². The van der Waals surface area contributed by atoms with Crippen molar-refractivity contribution in [3.63, 3.8) is 0 Å². The molecule has 2 aromatic rings. The fourth-order valence-corrected chi connectivity index (χ4v) is 4.15. The summed E-state index contributed by atoms with van der Waals surface area (Å²) in [7, 11) is 1.73. The molecule has 1 amide bonds. The van der Waals surface area contributed by atoms with Crippen molar-refractivity contribution in [2.45, 2.75) is 32.9 Å². The van der Waals surface area contributed by atoms with E-state index in [0.29, 0.717) is 48.5 Å². The van der Waals surface area contributed by atoms with E-state index in [-0.39, 0.29) is 23.2 Å². The van der Waals surface area contributed by atoms with Gasteiger partial charge in [0.1, 0.15) is 23.0 Å². The highest BCUT2D eigenvalue weighted by Gasteiger charge is 2.45. The largest absolute Gasteiger partial charge is 0.340 e. The van der Waals surface area contributed by atoms with Crippen molar-refractivity contribution in [3.8, 4) is 0 Å². The molecule has 32 heavy (non-hydrogen) atoms. The Labute approximate surface area is 185 Å². The molecular formula is C22H25FN8O. The first kappa shape index (κ1) is 20.3. The van der Waals surface area contributed by atoms with Crippen molar-refractivity contribution in [3.05, 3.63) is 35.6 Å². The minimum absolute atomic E-state index is 0.0461. The van der Waals surface area contributed by atoms with Gasteiger partial charge in [0.2, 0.25) is 5.96 Å². The van der Waals surface area contributed by atoms with Crippen molar-refractivity contribution in [1.29, 1.82) is 0 Å². The molecule has 1 aromatic carbocycles. The Bertz CT molecular complexity index is 1180. The maximum atomic E-state index is 13.4. The number of nitrogens with one attached hydrogen (secondary N) is 1. The molecule has 4 heterocycles. The molecule has 1 aromatic heterocycles. The minimum Gasteiger partial charge on any atom is -0.340 e. The third kappa shape index (κ3) is 3.45. The third-order valence-corrected chi connectivity index (χ3v) is 5.74. The SMILES string of the molecule is CC1=NCC(Cn2nc3c(c2Nc2ccc(F)cc2)C(=O)N(C)C2=NC(C)(C)CN23)C=N1. The molecule has 0 saturated heterocycles. The third-order valence-electron chi connectivity index (χ3n) is 5.74. The van der Waals surface area contributed by atoms with Gasteiger partial charge in [-0.1, -0.05) is 0 Å². The van der Waals surface area contributed by atoms with E-state index in [1.807, 2.05) is 31.9 Å². The number of carbonyl (C=O) groups excluding carboxylic acids is 1. The molecule has 0 aliphatic carbocycles. The smallest absolute Gasteiger partial charge is 0.267 e. The van der Waals surface area contributed by atoms with Gasteiger partial charge in [0.15, 0.2) is 5.82 Å². The standard InChI is InChI=1S/C22H25FN8O/c1-13-24-9-14(10-25-13)11-31-18(26-16-7-5-15(23)6-8-16)17-19(28-31)30-12-22(2,3)27-21(30)29(4)20(17)32/h5-9,14,26H,10-12H2,1-4H3. The second kappa shape index (κ2) is 7.25. The lowest BCUT2D eigenvalue weighted by Gasteiger charge is -2.30. The number of aromatic nitrogens is 2. The number of hydrogen-bond donors (Lipinski definition) is 1. The van der Waals surface area contributed by atoms with Crippen LogP contribution in [0.15, 0.2) is 39.2 Å². The number of carbonyl (C=O) groups is 1. The number of anilines is 3. The van der Waals surface area contributed by atoms with E-state index in [0.717, 1.165) is 5.84 Å². The Morgan fingerprint density at radius 2 is 2.00 bits per heavy atom. The Balaban J connectivity index is 1.59. The van der Waals surface area contributed by atoms with Gasteiger partial charge in [-0.05, 0) is 45.0 Å². The van der Waals surface area contributed by atoms with E-state index in [1.54, 1.807) is 28.8 Å². The molecule has 0 fully saturated rings. The number of amides is 1. The molecule has 3 aliphatic heterocycles. The van der Waals surface area contributed by atoms with E-state index in [2.05, 4.69) is 15.3 Å². The Hall–Kier alpha value is -3.56. The first-order chi connectivity index (χ1) is 15.2. The molecule has 166 valence electrons. The molecule has 0 bridgehead atoms. The van der Waals surface area contributed by atoms with Crippen LogP contribution < -0.4 is 10.2 Å². The highest BCUT2D eigenvalue weighted by atomic mass is 19.1. The highest BCUT2D eigenvalue weighted by Crippen LogP contribution is 2.38. The fraction of sp³-hybridized carbons (Fsp3) is 0.409. The molecule has 0 radical (unpaired) electrons. The van der Waals surface area contributed by atoms with E-state index in [9.17, 15) is 9.18 Å². The molecule has 10 heteroatoms. The number of rotatable bonds is 4. The van der Waals surface area contributed by atoms with Crippen LogP contribution in [-0.4, -0.2) is 64.3 Å². The lowest BCUT2D eigenvalue weighted by atomic mass is 10.1. The number of aliphatic imine (C=N–C) groups is 3. The molecule has 1 N–H and O–H groups in total. The van der Waals surface area contributed by atoms with Crippen LogP contribution in [0, 0.1) is 11.7 Å². The number of guanidine groups is 1. The van der Waals surface area contributed by atoms with Crippen LogP contribution in [0.1, 0.15) is 31.1 Å². The van der Waals surface area contributed by atoms with Gasteiger partial charge in [-0.25, -0.2) is 19.1 Å². The fourth-order valence-electron chi connectivity index (χ4n) is 4.15. The summed E-state index contributed by atoms with van der Waals surface area (Å²) in [5.41, 5.74) is 0.807. The number of hydrogen-bond acceptors (Lipinski definition) is 7. The number of fused-ring (bicyclic) bond motifs is 3. The van der Waals surface area contributed by atoms with Gasteiger partial charge in [-0.2, -0.15) is 5.10 Å². The first-order valence-electron chi connectivity index (χ1n) is 10.6. The van der Waals surface area contributed by atoms with Gasteiger partial charge in [0.25, 0.3) is 5.91 Å². The number of halogens is 1. The van der Waals surface area contributed by atoms with Crippen LogP contribution in [0.2, 0.25) is 0 Å². The summed E-state index contributed by atoms with van der Waals surface area (Å²) in [4.78, 5) is 30.4. The lowest BCUT2D eigenvalue weighted by Crippen LogP contribution is -2.48. The second-order valence-corrected chi connectivity index (χ2v) is 8.96. The molecule has 0 saturated carbocycles. The molecule has 1 atom stereocenters. The summed E-state index contributed by atoms with van der Waals surface area (Å²) in [5, 5.41) is 8.14. The van der Waals surface area contributed by atoms with Crippen LogP contribution in [0.3, 0.4) is 0 Å². The van der Waals surface area contributed by atoms with Crippen molar-refractivity contribution in [1.82, 2.24) is 14.7 Å². The summed E-state index contributed by atoms with van der Waals surface area (Å²) in [6.07, 6.45) is 1.88. The quantitative estimate of drug-likeness (QED) is 0.798. The normalized spacial score (nSPS) is 21.3. The van der Waals surface area contributed by atoms with E-state index < -0.39 is 0 Å². The van der Waals surface area contributed by atoms with Crippen LogP contribution in [0.4, 0.5) is 21.7 Å². The summed E-state index contributed by atoms with van der Waals surface area (Å²) in [5.74, 6) is 2.03. The number of benzene rings is 1. The summed E-state index contributed by atoms with van der Waals surface area (Å²) in [6.45, 7) is 7.65. The first-order valence-corrected chi connectivity index (χ1v) is 10.6. The van der Waals surface area contributed by atoms with Gasteiger partial charge in [0.05, 0.1) is 25.2 Å². The number of amidine groups is 1. The Morgan fingerprint density at radius 1 is 1.25 bits per heavy atom. The van der Waals surface area contributed by atoms with Gasteiger partial charge >= 0.3 is 0 Å². The van der Waals surface area contributed by atoms with Crippen molar-refractivity contribution in [2.24, 2.45) is 20.9 Å². The summed E-state index contributed by atoms with van der Waals surface area (Å²) < 4.78 is 15.2. The van der Waals surface area contributed by atoms with E-state index >= 15 is 0 Å². The predicted molar refractivity (Wildman–Crippen MR) is 123 cm³/mol. The topological polar surface area (TPSA) is 90.5 Å². The highest BCUT2D eigenvalue weighted by molar-refractivity contribution is 6.20. The minimum atomic E-state index is -0.331. The molecular weight excluding hydrogens is 411 g/mol. The second-order valence-electron chi connectivity index (χ2n) is 8.96. The van der Waals surface area contributed by atoms with Crippen LogP contribution in [0.25, 0.3) is 0 Å². The van der Waals surface area contributed by atoms with Crippen molar-refractivity contribution in [2.75, 3.05) is 30.4 Å². The van der Waals surface area contributed by atoms with Gasteiger partial charge in [-0.15, -0.1) is 0 Å². The Kier molecular flexibility index (Phi) is 4.61. The Morgan fingerprint density at radius 3 is 2.69 bits per heavy atom. The van der Waals surface area contributed by atoms with Gasteiger partial charge < -0.3 is 5.32 Å². The van der Waals surface area contributed by atoms with Crippen LogP contribution in [-0.2, 0) is 6.54 Å². The van der Waals surface area contributed by atoms with Gasteiger partial charge in [-0.3, -0.25) is 19.6 Å². The predicted octanol–water partition coefficient (Wildman–Crippen LogP) is 2.93. The molecule has 3 aliphatic rings. The monoisotopic (exact) mass is 436 g/mol. The number of nitrogens with zero attached hydrogens (tertiary/aromatic N) is 7. The zero-order valence-corrected chi connectivity index (χ0v) is 18.5. The van der Waals surface area contributed by atoms with Crippen molar-refractivity contribution >= 4 is 41.2 Å². The molecule has 9 nitrogen and oxygen atoms in total. The zero-order valence-electron chi connectivity index (χ0n) is 18.5. The van der Waals surface area contributed by atoms with Crippen molar-refractivity contribution < 1.29 is 9.18 Å². The molecule has 1 unspecified atom stereocenters. The summed E-state index contributed by atoms with van der Waals surface area (Å²) >= 11 is 0. The van der Waals surface area contributed by atoms with E-state index in [1.165, 1.54) is 12.1 Å². The van der Waals surface area contributed by atoms with E-state index in [4.69, 9.17) is 10.1 Å². The summed E-state index contributed by atoms with van der Waals surface area (Å²) in [6, 6.07) is 6.03. The average Bonchev–Trinajstić information content (AvgIpc) is 3.27. The zero-order chi connectivity index (χ0) is 22.6. The van der Waals surface area contributed by atoms with Crippen LogP contribution >= 0.6 is 0 Å². The molecule has 5 rings (SSSR count). The lowest BCUT2D eigenvalue weighted by molar-refractivity contribution is 0.0866.